The van der Waals surface area contributed by atoms with Gasteiger partial charge in [-0.2, -0.15) is 0 Å². The zero-order valence-corrected chi connectivity index (χ0v) is 32.0. The zero-order valence-electron chi connectivity index (χ0n) is 32.0. The van der Waals surface area contributed by atoms with E-state index in [0.29, 0.717) is 38.2 Å². The Bertz CT molecular complexity index is 1380. The molecule has 5 aliphatic heterocycles. The summed E-state index contributed by atoms with van der Waals surface area (Å²) in [5.41, 5.74) is 2.79. The molecule has 0 aromatic carbocycles. The largest absolute Gasteiger partial charge is 0.462 e. The molecule has 3 fully saturated rings. The van der Waals surface area contributed by atoms with Gasteiger partial charge in [-0.05, 0) is 68.7 Å². The van der Waals surface area contributed by atoms with Gasteiger partial charge in [0.05, 0.1) is 49.1 Å². The lowest BCUT2D eigenvalue weighted by molar-refractivity contribution is -0.300. The Morgan fingerprint density at radius 3 is 2.61 bits per heavy atom. The second kappa shape index (κ2) is 16.5. The molecule has 284 valence electrons. The number of ether oxygens (including phenoxy) is 7. The van der Waals surface area contributed by atoms with Crippen LogP contribution in [0.15, 0.2) is 59.3 Å². The monoisotopic (exact) mass is 710 g/mol. The highest BCUT2D eigenvalue weighted by atomic mass is 16.7. The summed E-state index contributed by atoms with van der Waals surface area (Å²) in [5.74, 6) is -1.58. The average molecular weight is 711 g/mol. The number of methoxy groups -OCH3 is 1. The number of aliphatic hydroxyl groups excluding tert-OH is 1. The third-order valence-corrected chi connectivity index (χ3v) is 12.0. The molecule has 9 heteroatoms. The molecule has 1 aliphatic carbocycles. The van der Waals surface area contributed by atoms with Crippen LogP contribution in [0.25, 0.3) is 0 Å². The Balaban J connectivity index is 1.36. The quantitative estimate of drug-likeness (QED) is 0.228. The number of rotatable bonds is 6. The molecule has 0 radical (unpaired) electrons. The molecule has 1 N–H and O–H groups in total. The van der Waals surface area contributed by atoms with Gasteiger partial charge in [-0.15, -0.1) is 0 Å². The highest BCUT2D eigenvalue weighted by Crippen LogP contribution is 2.45. The number of aliphatic hydroxyl groups is 1. The van der Waals surface area contributed by atoms with Crippen LogP contribution in [0.5, 0.6) is 0 Å². The Morgan fingerprint density at radius 2 is 1.84 bits per heavy atom. The van der Waals surface area contributed by atoms with Gasteiger partial charge in [0.25, 0.3) is 0 Å². The van der Waals surface area contributed by atoms with Gasteiger partial charge in [0.1, 0.15) is 12.2 Å². The molecule has 0 aromatic heterocycles. The highest BCUT2D eigenvalue weighted by molar-refractivity contribution is 5.76. The number of hydrogen-bond donors (Lipinski definition) is 1. The van der Waals surface area contributed by atoms with E-state index in [-0.39, 0.29) is 54.2 Å². The maximum atomic E-state index is 14.2. The second-order valence-electron chi connectivity index (χ2n) is 16.2. The van der Waals surface area contributed by atoms with Gasteiger partial charge in [0.2, 0.25) is 0 Å². The maximum Gasteiger partial charge on any atom is 0.313 e. The molecule has 15 atom stereocenters. The van der Waals surface area contributed by atoms with Gasteiger partial charge < -0.3 is 38.3 Å². The van der Waals surface area contributed by atoms with Crippen LogP contribution in [0, 0.1) is 29.6 Å². The molecule has 0 aromatic rings. The predicted octanol–water partition coefficient (Wildman–Crippen LogP) is 7.15. The highest BCUT2D eigenvalue weighted by Gasteiger charge is 2.51. The normalized spacial score (nSPS) is 46.6. The Kier molecular flexibility index (Phi) is 12.5. The summed E-state index contributed by atoms with van der Waals surface area (Å²) in [6.07, 6.45) is 17.3. The first-order chi connectivity index (χ1) is 24.4. The van der Waals surface area contributed by atoms with Crippen molar-refractivity contribution in [3.05, 3.63) is 59.3 Å². The van der Waals surface area contributed by atoms with Crippen LogP contribution in [0.4, 0.5) is 0 Å². The van der Waals surface area contributed by atoms with Crippen LogP contribution in [0.3, 0.4) is 0 Å². The minimum Gasteiger partial charge on any atom is -0.462 e. The van der Waals surface area contributed by atoms with Crippen molar-refractivity contribution in [1.29, 1.82) is 0 Å². The number of esters is 1. The van der Waals surface area contributed by atoms with Crippen LogP contribution in [-0.2, 0) is 38.0 Å². The van der Waals surface area contributed by atoms with E-state index < -0.39 is 36.3 Å². The molecule has 5 heterocycles. The van der Waals surface area contributed by atoms with Crippen molar-refractivity contribution in [3.8, 4) is 0 Å². The van der Waals surface area contributed by atoms with Gasteiger partial charge >= 0.3 is 5.97 Å². The number of carbonyl (C=O) groups is 1. The van der Waals surface area contributed by atoms with Crippen molar-refractivity contribution in [2.75, 3.05) is 13.7 Å². The molecular weight excluding hydrogens is 648 g/mol. The van der Waals surface area contributed by atoms with Crippen molar-refractivity contribution >= 4 is 5.97 Å². The van der Waals surface area contributed by atoms with Gasteiger partial charge in [-0.1, -0.05) is 70.6 Å². The molecule has 9 nitrogen and oxygen atoms in total. The summed E-state index contributed by atoms with van der Waals surface area (Å²) in [6, 6.07) is 0. The number of fused-ring (bicyclic) bond motifs is 2. The first-order valence-corrected chi connectivity index (χ1v) is 19.5. The van der Waals surface area contributed by atoms with Crippen LogP contribution >= 0.6 is 0 Å². The average Bonchev–Trinajstić information content (AvgIpc) is 3.52. The molecule has 6 aliphatic rings. The van der Waals surface area contributed by atoms with E-state index in [1.807, 2.05) is 25.2 Å². The fourth-order valence-corrected chi connectivity index (χ4v) is 9.25. The Hall–Kier alpha value is -2.11. The lowest BCUT2D eigenvalue weighted by Crippen LogP contribution is -2.53. The second-order valence-corrected chi connectivity index (χ2v) is 16.2. The van der Waals surface area contributed by atoms with E-state index in [0.717, 1.165) is 36.0 Å². The van der Waals surface area contributed by atoms with E-state index in [2.05, 4.69) is 65.8 Å². The Morgan fingerprint density at radius 1 is 1.04 bits per heavy atom. The van der Waals surface area contributed by atoms with Crippen LogP contribution < -0.4 is 0 Å². The van der Waals surface area contributed by atoms with Gasteiger partial charge in [0.15, 0.2) is 12.1 Å². The molecule has 0 amide bonds. The summed E-state index contributed by atoms with van der Waals surface area (Å²) in [7, 11) is 1.75. The van der Waals surface area contributed by atoms with Crippen molar-refractivity contribution in [2.24, 2.45) is 29.6 Å². The third-order valence-electron chi connectivity index (χ3n) is 12.0. The fraction of sp³-hybridized carbons (Fsp3) is 0.738. The fourth-order valence-electron chi connectivity index (χ4n) is 9.25. The van der Waals surface area contributed by atoms with E-state index in [1.54, 1.807) is 7.11 Å². The van der Waals surface area contributed by atoms with Crippen molar-refractivity contribution in [1.82, 2.24) is 0 Å². The molecular formula is C42H62O9. The minimum absolute atomic E-state index is 0.00377. The smallest absolute Gasteiger partial charge is 0.313 e. The lowest BCUT2D eigenvalue weighted by Gasteiger charge is -2.48. The first-order valence-electron chi connectivity index (χ1n) is 19.5. The molecule has 51 heavy (non-hydrogen) atoms. The summed E-state index contributed by atoms with van der Waals surface area (Å²) < 4.78 is 45.3. The molecule has 1 spiro atoms. The van der Waals surface area contributed by atoms with Crippen LogP contribution in [0.1, 0.15) is 93.4 Å². The number of allylic oxidation sites excluding steroid dienone is 2. The third kappa shape index (κ3) is 8.66. The molecule has 6 rings (SSSR count). The predicted molar refractivity (Wildman–Crippen MR) is 194 cm³/mol. The Labute approximate surface area is 305 Å². The van der Waals surface area contributed by atoms with Gasteiger partial charge in [-0.25, -0.2) is 0 Å². The number of carbonyl (C=O) groups excluding carboxylic acids is 1. The van der Waals surface area contributed by atoms with Crippen molar-refractivity contribution in [2.45, 2.75) is 154 Å². The molecule has 0 saturated carbocycles. The van der Waals surface area contributed by atoms with Crippen LogP contribution in [-0.4, -0.2) is 85.7 Å². The van der Waals surface area contributed by atoms with E-state index in [9.17, 15) is 9.90 Å². The van der Waals surface area contributed by atoms with E-state index >= 15 is 0 Å². The summed E-state index contributed by atoms with van der Waals surface area (Å²) in [6.45, 7) is 15.2. The summed E-state index contributed by atoms with van der Waals surface area (Å²) in [4.78, 5) is 14.2. The molecule has 10 unspecified atom stereocenters. The molecule has 3 saturated heterocycles. The van der Waals surface area contributed by atoms with E-state index in [4.69, 9.17) is 33.2 Å². The topological polar surface area (TPSA) is 102 Å². The summed E-state index contributed by atoms with van der Waals surface area (Å²) >= 11 is 0. The van der Waals surface area contributed by atoms with Crippen molar-refractivity contribution in [3.63, 3.8) is 0 Å². The van der Waals surface area contributed by atoms with Gasteiger partial charge in [-0.3, -0.25) is 4.79 Å². The minimum atomic E-state index is -0.994. The standard InChI is InChI=1S/C42H62O9/c1-9-11-24(2)39-27(5)16-17-42(51-39)22-33-20-31(50-42)15-14-26(4)38(49-35-21-32(45-8)19-29(7)47-35)25(3)12-10-13-30-23-46-40-36(30)34(41(44)48-33)18-28(6)37(40)43/h10,12-14,16-18,24-25,27,29,31-40,43H,9,11,15,19-23H2,1-8H3/b12-10+,26-14+,30-13+/t24?,25-,27-,29?,31?,32?,33?,34+,35-,36?,37?,38-,39?,40?,42?/m0/s1. The summed E-state index contributed by atoms with van der Waals surface area (Å²) in [5, 5.41) is 11.1. The van der Waals surface area contributed by atoms with Crippen molar-refractivity contribution < 1.29 is 43.1 Å². The van der Waals surface area contributed by atoms with E-state index in [1.165, 1.54) is 0 Å². The van der Waals surface area contributed by atoms with Gasteiger partial charge in [0, 0.05) is 44.1 Å². The number of hydrogen-bond acceptors (Lipinski definition) is 9. The lowest BCUT2D eigenvalue weighted by atomic mass is 9.75. The maximum absolute atomic E-state index is 14.2. The molecule has 2 bridgehead atoms. The van der Waals surface area contributed by atoms with Crippen LogP contribution in [0.2, 0.25) is 0 Å². The SMILES string of the molecule is CCCC(C)C1OC2(C=C[C@@H]1C)CC1CC(C/C=C(\C)[C@@H](O[C@H]3CC(OC)CC(C)O3)[C@@H](C)/C=C/C=C3\COC4C(O)C(C)=C[C@@H](C(=O)O1)C34)O2. The first kappa shape index (κ1) is 38.6. The zero-order chi connectivity index (χ0) is 36.4.